The molecule has 1 fully saturated rings. The van der Waals surface area contributed by atoms with E-state index in [9.17, 15) is 14.4 Å². The van der Waals surface area contributed by atoms with Crippen molar-refractivity contribution < 1.29 is 19.1 Å². The van der Waals surface area contributed by atoms with Crippen molar-refractivity contribution >= 4 is 29.4 Å². The normalized spacial score (nSPS) is 17.5. The highest BCUT2D eigenvalue weighted by atomic mass is 35.5. The van der Waals surface area contributed by atoms with E-state index >= 15 is 0 Å². The van der Waals surface area contributed by atoms with Crippen LogP contribution in [0.25, 0.3) is 0 Å². The summed E-state index contributed by atoms with van der Waals surface area (Å²) in [7, 11) is 1.46. The molecule has 6 nitrogen and oxygen atoms in total. The van der Waals surface area contributed by atoms with Gasteiger partial charge in [0, 0.05) is 31.6 Å². The zero-order valence-corrected chi connectivity index (χ0v) is 12.9. The van der Waals surface area contributed by atoms with E-state index < -0.39 is 11.9 Å². The Kier molecular flexibility index (Phi) is 5.38. The number of halogens is 1. The predicted octanol–water partition coefficient (Wildman–Crippen LogP) is 0.978. The van der Waals surface area contributed by atoms with Gasteiger partial charge in [0.05, 0.1) is 5.92 Å². The topological polar surface area (TPSA) is 75.7 Å². The fourth-order valence-electron chi connectivity index (χ4n) is 2.24. The molecule has 0 bridgehead atoms. The van der Waals surface area contributed by atoms with E-state index in [2.05, 4.69) is 5.32 Å². The highest BCUT2D eigenvalue weighted by Crippen LogP contribution is 2.24. The molecule has 2 rings (SSSR count). The van der Waals surface area contributed by atoms with Crippen molar-refractivity contribution in [2.45, 2.75) is 13.0 Å². The molecule has 0 aromatic heterocycles. The Morgan fingerprint density at radius 3 is 2.82 bits per heavy atom. The summed E-state index contributed by atoms with van der Waals surface area (Å²) in [6.45, 7) is 0.304. The standard InChI is InChI=1S/C15H17ClN2O4/c1-17-13(19)9-22-15(21)11-6-14(20)18(8-11)7-10-4-2-3-5-12(10)16/h2-5,11H,6-9H2,1H3,(H,17,19)/t11-/m0/s1. The van der Waals surface area contributed by atoms with Gasteiger partial charge < -0.3 is 15.0 Å². The molecule has 2 amide bonds. The van der Waals surface area contributed by atoms with Crippen LogP contribution in [-0.2, 0) is 25.7 Å². The third kappa shape index (κ3) is 3.98. The quantitative estimate of drug-likeness (QED) is 0.819. The molecular weight excluding hydrogens is 308 g/mol. The number of nitrogens with zero attached hydrogens (tertiary/aromatic N) is 1. The molecule has 1 atom stereocenters. The van der Waals surface area contributed by atoms with Crippen LogP contribution in [0, 0.1) is 5.92 Å². The minimum Gasteiger partial charge on any atom is -0.455 e. The average Bonchev–Trinajstić information content (AvgIpc) is 2.88. The van der Waals surface area contributed by atoms with Crippen LogP contribution >= 0.6 is 11.6 Å². The van der Waals surface area contributed by atoms with Crippen molar-refractivity contribution in [2.24, 2.45) is 5.92 Å². The van der Waals surface area contributed by atoms with Gasteiger partial charge in [-0.25, -0.2) is 0 Å². The maximum atomic E-state index is 12.0. The molecule has 1 heterocycles. The minimum atomic E-state index is -0.542. The summed E-state index contributed by atoms with van der Waals surface area (Å²) in [5.74, 6) is -1.58. The Hall–Kier alpha value is -2.08. The molecule has 1 aliphatic heterocycles. The van der Waals surface area contributed by atoms with Crippen molar-refractivity contribution in [1.29, 1.82) is 0 Å². The summed E-state index contributed by atoms with van der Waals surface area (Å²) < 4.78 is 4.89. The number of carbonyl (C=O) groups is 3. The van der Waals surface area contributed by atoms with Gasteiger partial charge in [-0.05, 0) is 11.6 Å². The number of hydrogen-bond donors (Lipinski definition) is 1. The molecule has 0 unspecified atom stereocenters. The molecule has 0 radical (unpaired) electrons. The Morgan fingerprint density at radius 2 is 2.14 bits per heavy atom. The highest BCUT2D eigenvalue weighted by Gasteiger charge is 2.35. The lowest BCUT2D eigenvalue weighted by molar-refractivity contribution is -0.152. The second-order valence-corrected chi connectivity index (χ2v) is 5.45. The molecular formula is C15H17ClN2O4. The molecule has 1 aliphatic rings. The van der Waals surface area contributed by atoms with Crippen molar-refractivity contribution in [3.05, 3.63) is 34.9 Å². The number of benzene rings is 1. The maximum Gasteiger partial charge on any atom is 0.311 e. The predicted molar refractivity (Wildman–Crippen MR) is 80.0 cm³/mol. The molecule has 1 N–H and O–H groups in total. The first-order valence-corrected chi connectivity index (χ1v) is 7.27. The number of likely N-dealkylation sites (tertiary alicyclic amines) is 1. The smallest absolute Gasteiger partial charge is 0.311 e. The van der Waals surface area contributed by atoms with Crippen molar-refractivity contribution in [3.8, 4) is 0 Å². The molecule has 7 heteroatoms. The average molecular weight is 325 g/mol. The van der Waals surface area contributed by atoms with Gasteiger partial charge >= 0.3 is 5.97 Å². The molecule has 1 aromatic carbocycles. The van der Waals surface area contributed by atoms with Gasteiger partial charge in [-0.2, -0.15) is 0 Å². The maximum absolute atomic E-state index is 12.0. The van der Waals surface area contributed by atoms with Crippen LogP contribution in [0.1, 0.15) is 12.0 Å². The SMILES string of the molecule is CNC(=O)COC(=O)[C@H]1CC(=O)N(Cc2ccccc2Cl)C1. The number of hydrogen-bond acceptors (Lipinski definition) is 4. The summed E-state index contributed by atoms with van der Waals surface area (Å²) in [6, 6.07) is 7.26. The van der Waals surface area contributed by atoms with E-state index in [1.165, 1.54) is 7.05 Å². The molecule has 0 aliphatic carbocycles. The minimum absolute atomic E-state index is 0.0943. The van der Waals surface area contributed by atoms with E-state index in [0.29, 0.717) is 11.6 Å². The number of carbonyl (C=O) groups excluding carboxylic acids is 3. The number of nitrogens with one attached hydrogen (secondary N) is 1. The summed E-state index contributed by atoms with van der Waals surface area (Å²) in [4.78, 5) is 36.5. The second-order valence-electron chi connectivity index (χ2n) is 5.05. The molecule has 22 heavy (non-hydrogen) atoms. The largest absolute Gasteiger partial charge is 0.455 e. The van der Waals surface area contributed by atoms with Crippen LogP contribution < -0.4 is 5.32 Å². The third-order valence-corrected chi connectivity index (χ3v) is 3.86. The number of amides is 2. The monoisotopic (exact) mass is 324 g/mol. The Bertz CT molecular complexity index is 591. The van der Waals surface area contributed by atoms with Crippen LogP contribution in [0.2, 0.25) is 5.02 Å². The summed E-state index contributed by atoms with van der Waals surface area (Å²) in [6.07, 6.45) is 0.0943. The highest BCUT2D eigenvalue weighted by molar-refractivity contribution is 6.31. The van der Waals surface area contributed by atoms with E-state index in [0.717, 1.165) is 5.56 Å². The zero-order chi connectivity index (χ0) is 16.1. The second kappa shape index (κ2) is 7.26. The van der Waals surface area contributed by atoms with Crippen LogP contribution in [0.15, 0.2) is 24.3 Å². The van der Waals surface area contributed by atoms with E-state index in [1.54, 1.807) is 11.0 Å². The van der Waals surface area contributed by atoms with Gasteiger partial charge in [-0.15, -0.1) is 0 Å². The molecule has 1 aromatic rings. The van der Waals surface area contributed by atoms with Crippen LogP contribution in [0.3, 0.4) is 0 Å². The van der Waals surface area contributed by atoms with Crippen LogP contribution in [0.5, 0.6) is 0 Å². The van der Waals surface area contributed by atoms with Crippen LogP contribution in [0.4, 0.5) is 0 Å². The van der Waals surface area contributed by atoms with Gasteiger partial charge in [0.15, 0.2) is 6.61 Å². The molecule has 1 saturated heterocycles. The zero-order valence-electron chi connectivity index (χ0n) is 12.2. The summed E-state index contributed by atoms with van der Waals surface area (Å²) >= 11 is 6.08. The molecule has 0 saturated carbocycles. The number of esters is 1. The fraction of sp³-hybridized carbons (Fsp3) is 0.400. The number of rotatable bonds is 5. The van der Waals surface area contributed by atoms with Gasteiger partial charge in [-0.1, -0.05) is 29.8 Å². The molecule has 118 valence electrons. The lowest BCUT2D eigenvalue weighted by Gasteiger charge is -2.17. The lowest BCUT2D eigenvalue weighted by Crippen LogP contribution is -2.29. The van der Waals surface area contributed by atoms with E-state index in [1.807, 2.05) is 18.2 Å². The number of likely N-dealkylation sites (N-methyl/N-ethyl adjacent to an activating group) is 1. The Balaban J connectivity index is 1.92. The summed E-state index contributed by atoms with van der Waals surface area (Å²) in [5.41, 5.74) is 0.830. The van der Waals surface area contributed by atoms with Crippen molar-refractivity contribution in [2.75, 3.05) is 20.2 Å². The number of ether oxygens (including phenoxy) is 1. The first kappa shape index (κ1) is 16.3. The van der Waals surface area contributed by atoms with E-state index in [4.69, 9.17) is 16.3 Å². The first-order chi connectivity index (χ1) is 10.5. The van der Waals surface area contributed by atoms with Gasteiger partial charge in [0.2, 0.25) is 5.91 Å². The van der Waals surface area contributed by atoms with Gasteiger partial charge in [0.1, 0.15) is 0 Å². The Morgan fingerprint density at radius 1 is 1.41 bits per heavy atom. The lowest BCUT2D eigenvalue weighted by atomic mass is 10.1. The van der Waals surface area contributed by atoms with Gasteiger partial charge in [-0.3, -0.25) is 14.4 Å². The Labute approximate surface area is 133 Å². The third-order valence-electron chi connectivity index (χ3n) is 3.49. The van der Waals surface area contributed by atoms with E-state index in [-0.39, 0.29) is 31.4 Å². The van der Waals surface area contributed by atoms with Gasteiger partial charge in [0.25, 0.3) is 5.91 Å². The van der Waals surface area contributed by atoms with Crippen LogP contribution in [-0.4, -0.2) is 42.9 Å². The fourth-order valence-corrected chi connectivity index (χ4v) is 2.44. The van der Waals surface area contributed by atoms with Crippen molar-refractivity contribution in [3.63, 3.8) is 0 Å². The molecule has 0 spiro atoms. The first-order valence-electron chi connectivity index (χ1n) is 6.89. The summed E-state index contributed by atoms with van der Waals surface area (Å²) in [5, 5.41) is 2.94. The van der Waals surface area contributed by atoms with Crippen molar-refractivity contribution in [1.82, 2.24) is 10.2 Å².